The predicted molar refractivity (Wildman–Crippen MR) is 104 cm³/mol. The van der Waals surface area contributed by atoms with Gasteiger partial charge in [0, 0.05) is 39.9 Å². The largest absolute Gasteiger partial charge is 0.347 e. The van der Waals surface area contributed by atoms with E-state index in [-0.39, 0.29) is 23.1 Å². The van der Waals surface area contributed by atoms with Gasteiger partial charge in [-0.1, -0.05) is 30.3 Å². The van der Waals surface area contributed by atoms with Crippen molar-refractivity contribution in [2.45, 2.75) is 25.2 Å². The molecule has 0 saturated carbocycles. The van der Waals surface area contributed by atoms with Crippen LogP contribution in [0.15, 0.2) is 48.7 Å². The fraction of sp³-hybridized carbons (Fsp3) is 0.455. The van der Waals surface area contributed by atoms with Gasteiger partial charge in [0.1, 0.15) is 5.69 Å². The summed E-state index contributed by atoms with van der Waals surface area (Å²) in [6, 6.07) is 13.9. The average molecular weight is 365 g/mol. The summed E-state index contributed by atoms with van der Waals surface area (Å²) in [5, 5.41) is 0. The van der Waals surface area contributed by atoms with Gasteiger partial charge in [0.05, 0.1) is 5.92 Å². The fourth-order valence-corrected chi connectivity index (χ4v) is 4.77. The normalized spacial score (nSPS) is 22.3. The molecular formula is C22H27N3O2. The standard InChI is InChI=1S/C22H27N3O2/c1-23-12-6-9-19(23)21(27)25-13-10-22(11-14-25)15-18(20(26)24(2)16-22)17-7-4-3-5-8-17/h3-9,12,18H,10-11,13-16H2,1-2H3. The molecule has 1 unspecified atom stereocenters. The van der Waals surface area contributed by atoms with Crippen LogP contribution in [-0.4, -0.2) is 52.9 Å². The molecule has 1 spiro atoms. The van der Waals surface area contributed by atoms with Crippen LogP contribution in [0, 0.1) is 5.41 Å². The van der Waals surface area contributed by atoms with Crippen molar-refractivity contribution in [3.8, 4) is 0 Å². The molecule has 1 atom stereocenters. The van der Waals surface area contributed by atoms with E-state index in [1.165, 1.54) is 0 Å². The van der Waals surface area contributed by atoms with E-state index in [4.69, 9.17) is 0 Å². The summed E-state index contributed by atoms with van der Waals surface area (Å²) in [4.78, 5) is 29.4. The number of amides is 2. The first-order valence-corrected chi connectivity index (χ1v) is 9.70. The molecule has 0 bridgehead atoms. The summed E-state index contributed by atoms with van der Waals surface area (Å²) in [5.74, 6) is 0.256. The van der Waals surface area contributed by atoms with E-state index < -0.39 is 0 Å². The highest BCUT2D eigenvalue weighted by Crippen LogP contribution is 2.45. The van der Waals surface area contributed by atoms with Crippen LogP contribution in [0.2, 0.25) is 0 Å². The third-order valence-electron chi connectivity index (χ3n) is 6.36. The smallest absolute Gasteiger partial charge is 0.270 e. The number of nitrogens with zero attached hydrogens (tertiary/aromatic N) is 3. The topological polar surface area (TPSA) is 45.5 Å². The molecule has 4 rings (SSSR count). The maximum Gasteiger partial charge on any atom is 0.270 e. The summed E-state index contributed by atoms with van der Waals surface area (Å²) >= 11 is 0. The Morgan fingerprint density at radius 1 is 1.04 bits per heavy atom. The van der Waals surface area contributed by atoms with Gasteiger partial charge in [0.25, 0.3) is 5.91 Å². The van der Waals surface area contributed by atoms with Gasteiger partial charge in [-0.25, -0.2) is 0 Å². The van der Waals surface area contributed by atoms with E-state index in [9.17, 15) is 9.59 Å². The van der Waals surface area contributed by atoms with E-state index in [0.29, 0.717) is 0 Å². The minimum absolute atomic E-state index is 0.0694. The minimum Gasteiger partial charge on any atom is -0.347 e. The third kappa shape index (κ3) is 3.27. The highest BCUT2D eigenvalue weighted by atomic mass is 16.2. The molecule has 0 N–H and O–H groups in total. The predicted octanol–water partition coefficient (Wildman–Crippen LogP) is 2.89. The number of rotatable bonds is 2. The molecule has 2 aliphatic rings. The second kappa shape index (κ2) is 6.87. The number of likely N-dealkylation sites (N-methyl/N-ethyl adjacent to an activating group) is 1. The monoisotopic (exact) mass is 365 g/mol. The molecule has 2 saturated heterocycles. The van der Waals surface area contributed by atoms with Crippen molar-refractivity contribution in [2.24, 2.45) is 12.5 Å². The molecule has 27 heavy (non-hydrogen) atoms. The van der Waals surface area contributed by atoms with Gasteiger partial charge in [-0.15, -0.1) is 0 Å². The molecule has 3 heterocycles. The minimum atomic E-state index is -0.0694. The summed E-state index contributed by atoms with van der Waals surface area (Å²) in [6.45, 7) is 2.31. The quantitative estimate of drug-likeness (QED) is 0.821. The lowest BCUT2D eigenvalue weighted by atomic mass is 9.67. The second-order valence-electron chi connectivity index (χ2n) is 8.16. The Kier molecular flexibility index (Phi) is 4.54. The second-order valence-corrected chi connectivity index (χ2v) is 8.16. The summed E-state index contributed by atoms with van der Waals surface area (Å²) in [5.41, 5.74) is 1.95. The number of hydrogen-bond acceptors (Lipinski definition) is 2. The molecule has 0 aliphatic carbocycles. The highest BCUT2D eigenvalue weighted by molar-refractivity contribution is 5.92. The third-order valence-corrected chi connectivity index (χ3v) is 6.36. The molecule has 2 aromatic rings. The zero-order valence-electron chi connectivity index (χ0n) is 16.1. The Labute approximate surface area is 160 Å². The SMILES string of the molecule is CN1CC2(CCN(C(=O)c3cccn3C)CC2)CC(c2ccccc2)C1=O. The molecule has 2 aliphatic heterocycles. The molecule has 1 aromatic carbocycles. The van der Waals surface area contributed by atoms with Crippen LogP contribution >= 0.6 is 0 Å². The van der Waals surface area contributed by atoms with Gasteiger partial charge in [0.2, 0.25) is 5.91 Å². The molecule has 142 valence electrons. The van der Waals surface area contributed by atoms with Crippen molar-refractivity contribution in [3.05, 3.63) is 59.9 Å². The first kappa shape index (κ1) is 17.8. The van der Waals surface area contributed by atoms with Gasteiger partial charge >= 0.3 is 0 Å². The first-order chi connectivity index (χ1) is 13.0. The Morgan fingerprint density at radius 3 is 2.37 bits per heavy atom. The average Bonchev–Trinajstić information content (AvgIpc) is 3.11. The number of piperidine rings is 2. The first-order valence-electron chi connectivity index (χ1n) is 9.70. The van der Waals surface area contributed by atoms with Crippen molar-refractivity contribution >= 4 is 11.8 Å². The van der Waals surface area contributed by atoms with Crippen LogP contribution in [0.25, 0.3) is 0 Å². The van der Waals surface area contributed by atoms with Crippen molar-refractivity contribution in [1.29, 1.82) is 0 Å². The lowest BCUT2D eigenvalue weighted by molar-refractivity contribution is -0.139. The zero-order chi connectivity index (χ0) is 19.0. The molecule has 2 fully saturated rings. The van der Waals surface area contributed by atoms with Gasteiger partial charge in [-0.05, 0) is 42.4 Å². The van der Waals surface area contributed by atoms with Gasteiger partial charge in [-0.2, -0.15) is 0 Å². The number of benzene rings is 1. The number of carbonyl (C=O) groups is 2. The van der Waals surface area contributed by atoms with Crippen LogP contribution in [0.1, 0.15) is 41.2 Å². The van der Waals surface area contributed by atoms with E-state index in [2.05, 4.69) is 12.1 Å². The van der Waals surface area contributed by atoms with Crippen LogP contribution < -0.4 is 0 Å². The number of carbonyl (C=O) groups excluding carboxylic acids is 2. The molecule has 5 heteroatoms. The summed E-state index contributed by atoms with van der Waals surface area (Å²) in [7, 11) is 3.82. The highest BCUT2D eigenvalue weighted by Gasteiger charge is 2.45. The Hall–Kier alpha value is -2.56. The van der Waals surface area contributed by atoms with Gasteiger partial charge < -0.3 is 14.4 Å². The van der Waals surface area contributed by atoms with E-state index in [0.717, 1.165) is 50.2 Å². The Morgan fingerprint density at radius 2 is 1.74 bits per heavy atom. The Bertz CT molecular complexity index is 834. The van der Waals surface area contributed by atoms with Crippen LogP contribution in [0.5, 0.6) is 0 Å². The molecule has 1 aromatic heterocycles. The van der Waals surface area contributed by atoms with E-state index >= 15 is 0 Å². The lowest BCUT2D eigenvalue weighted by Crippen LogP contribution is -2.53. The van der Waals surface area contributed by atoms with Crippen molar-refractivity contribution in [3.63, 3.8) is 0 Å². The van der Waals surface area contributed by atoms with Crippen molar-refractivity contribution in [1.82, 2.24) is 14.4 Å². The lowest BCUT2D eigenvalue weighted by Gasteiger charge is -2.49. The van der Waals surface area contributed by atoms with Gasteiger partial charge in [0.15, 0.2) is 0 Å². The maximum atomic E-state index is 12.8. The van der Waals surface area contributed by atoms with Crippen molar-refractivity contribution in [2.75, 3.05) is 26.7 Å². The molecule has 5 nitrogen and oxygen atoms in total. The van der Waals surface area contributed by atoms with Crippen molar-refractivity contribution < 1.29 is 9.59 Å². The Balaban J connectivity index is 1.49. The van der Waals surface area contributed by atoms with E-state index in [1.807, 2.05) is 65.0 Å². The number of aryl methyl sites for hydroxylation is 1. The van der Waals surface area contributed by atoms with Crippen LogP contribution in [0.3, 0.4) is 0 Å². The maximum absolute atomic E-state index is 12.8. The number of hydrogen-bond donors (Lipinski definition) is 0. The van der Waals surface area contributed by atoms with E-state index in [1.54, 1.807) is 0 Å². The van der Waals surface area contributed by atoms with Crippen LogP contribution in [-0.2, 0) is 11.8 Å². The molecular weight excluding hydrogens is 338 g/mol. The number of likely N-dealkylation sites (tertiary alicyclic amines) is 2. The summed E-state index contributed by atoms with van der Waals surface area (Å²) in [6.07, 6.45) is 4.69. The summed E-state index contributed by atoms with van der Waals surface area (Å²) < 4.78 is 1.88. The zero-order valence-corrected chi connectivity index (χ0v) is 16.1. The molecule has 0 radical (unpaired) electrons. The number of aromatic nitrogens is 1. The van der Waals surface area contributed by atoms with Crippen LogP contribution in [0.4, 0.5) is 0 Å². The molecule has 2 amide bonds. The van der Waals surface area contributed by atoms with Gasteiger partial charge in [-0.3, -0.25) is 9.59 Å². The fourth-order valence-electron chi connectivity index (χ4n) is 4.77.